The van der Waals surface area contributed by atoms with Crippen LogP contribution in [0.4, 0.5) is 0 Å². The summed E-state index contributed by atoms with van der Waals surface area (Å²) in [5, 5.41) is 0. The molecule has 1 rings (SSSR count). The molecule has 4 heteroatoms. The van der Waals surface area contributed by atoms with Crippen LogP contribution in [0.3, 0.4) is 0 Å². The quantitative estimate of drug-likeness (QED) is 0.321. The second-order valence-electron chi connectivity index (χ2n) is 1.91. The number of hydrogen-bond acceptors (Lipinski definition) is 0. The van der Waals surface area contributed by atoms with E-state index in [-0.39, 0.29) is 26.2 Å². The van der Waals surface area contributed by atoms with Gasteiger partial charge in [0.05, 0.1) is 0 Å². The third-order valence-corrected chi connectivity index (χ3v) is 0.939. The molecule has 0 spiro atoms. The number of allylic oxidation sites excluding steroid dienone is 4. The Labute approximate surface area is 132 Å². The fourth-order valence-electron chi connectivity index (χ4n) is 0.340. The van der Waals surface area contributed by atoms with Crippen LogP contribution in [0.15, 0.2) is 18.2 Å². The van der Waals surface area contributed by atoms with E-state index in [1.54, 1.807) is 0 Å². The second kappa shape index (κ2) is 24.0. The van der Waals surface area contributed by atoms with Gasteiger partial charge in [-0.25, -0.2) is 12.2 Å². The van der Waals surface area contributed by atoms with Gasteiger partial charge in [-0.3, -0.25) is 6.08 Å². The van der Waals surface area contributed by atoms with Crippen LogP contribution in [0.5, 0.6) is 0 Å². The van der Waals surface area contributed by atoms with Crippen molar-refractivity contribution in [1.82, 2.24) is 0 Å². The van der Waals surface area contributed by atoms with Crippen molar-refractivity contribution in [2.75, 3.05) is 0 Å². The van der Waals surface area contributed by atoms with Gasteiger partial charge in [0.1, 0.15) is 0 Å². The molecule has 0 unspecified atom stereocenters. The Morgan fingerprint density at radius 1 is 1.54 bits per heavy atom. The molecule has 0 heterocycles. The first-order chi connectivity index (χ1) is 5.83. The monoisotopic (exact) mass is 593 g/mol. The van der Waals surface area contributed by atoms with Gasteiger partial charge in [-0.2, -0.15) is 12.5 Å². The summed E-state index contributed by atoms with van der Waals surface area (Å²) in [5.41, 5.74) is 0. The Morgan fingerprint density at radius 3 is 2.08 bits per heavy atom. The Kier molecular flexibility index (Phi) is 38.6. The summed E-state index contributed by atoms with van der Waals surface area (Å²) in [6.45, 7) is 5.72. The van der Waals surface area contributed by atoms with Crippen molar-refractivity contribution in [1.29, 1.82) is 0 Å². The van der Waals surface area contributed by atoms with Gasteiger partial charge in [-0.15, -0.1) is 6.42 Å². The maximum atomic E-state index is 3.60. The minimum absolute atomic E-state index is 0. The molecule has 0 aromatic carbocycles. The molecule has 76 valence electrons. The van der Waals surface area contributed by atoms with Crippen LogP contribution in [0.25, 0.3) is 0 Å². The summed E-state index contributed by atoms with van der Waals surface area (Å²) in [7, 11) is 0. The zero-order valence-corrected chi connectivity index (χ0v) is 16.6. The van der Waals surface area contributed by atoms with Crippen molar-refractivity contribution in [2.45, 2.75) is 26.2 Å². The first kappa shape index (κ1) is 20.9. The normalized spacial score (nSPS) is 10.8. The van der Waals surface area contributed by atoms with E-state index < -0.39 is 0 Å². The van der Waals surface area contributed by atoms with E-state index in [0.717, 1.165) is 12.8 Å². The topological polar surface area (TPSA) is 0 Å². The average molecular weight is 594 g/mol. The van der Waals surface area contributed by atoms with Crippen molar-refractivity contribution in [2.24, 2.45) is 0 Å². The van der Waals surface area contributed by atoms with Gasteiger partial charge in [0.2, 0.25) is 0 Å². The van der Waals surface area contributed by atoms with Crippen LogP contribution in [0, 0.1) is 13.0 Å². The van der Waals surface area contributed by atoms with E-state index in [4.69, 9.17) is 0 Å². The smallest absolute Gasteiger partial charge is 0.343 e. The molecule has 0 saturated heterocycles. The van der Waals surface area contributed by atoms with Gasteiger partial charge in [0, 0.05) is 0 Å². The molecule has 0 radical (unpaired) electrons. The predicted octanol–water partition coefficient (Wildman–Crippen LogP) is 1.70. The van der Waals surface area contributed by atoms with E-state index in [0.29, 0.717) is 13.3 Å². The standard InChI is InChI=1S/C5H5.C4H9.I3.Zr/c1-2-4-5-3-1;1-3-4-2;1-3-2;/h1-3H,4H2;1,3-4H2,2H3;;/q3*-1;+2. The van der Waals surface area contributed by atoms with Gasteiger partial charge in [-0.1, -0.05) is 13.3 Å². The van der Waals surface area contributed by atoms with E-state index in [2.05, 4.69) is 63.2 Å². The number of unbranched alkanes of at least 4 members (excludes halogenated alkanes) is 1. The molecule has 0 nitrogen and oxygen atoms in total. The van der Waals surface area contributed by atoms with Gasteiger partial charge in [0.25, 0.3) is 0 Å². The molecule has 0 amide bonds. The summed E-state index contributed by atoms with van der Waals surface area (Å²) in [4.78, 5) is 0. The molecule has 13 heavy (non-hydrogen) atoms. The Hall–Kier alpha value is 2.55. The van der Waals surface area contributed by atoms with Crippen molar-refractivity contribution < 1.29 is 39.5 Å². The summed E-state index contributed by atoms with van der Waals surface area (Å²) in [6.07, 6.45) is 12.3. The van der Waals surface area contributed by atoms with Gasteiger partial charge >= 0.3 is 76.7 Å². The fraction of sp³-hybridized carbons (Fsp3) is 0.444. The molecule has 0 fully saturated rings. The van der Waals surface area contributed by atoms with E-state index in [9.17, 15) is 0 Å². The molecule has 0 aromatic rings. The molecule has 0 saturated carbocycles. The van der Waals surface area contributed by atoms with Crippen LogP contribution in [-0.2, 0) is 26.2 Å². The largest absolute Gasteiger partial charge is 2.00 e. The minimum Gasteiger partial charge on any atom is -0.343 e. The maximum absolute atomic E-state index is 3.60. The van der Waals surface area contributed by atoms with Crippen LogP contribution in [-0.4, -0.2) is 0 Å². The zero-order chi connectivity index (χ0) is 9.66. The summed E-state index contributed by atoms with van der Waals surface area (Å²) in [6, 6.07) is 0. The molecular formula is C9H14I3Zr-. The summed E-state index contributed by atoms with van der Waals surface area (Å²) in [5.74, 6) is 0. The fourth-order valence-corrected chi connectivity index (χ4v) is 0.340. The summed E-state index contributed by atoms with van der Waals surface area (Å²) >= 11 is 5.30. The average Bonchev–Trinajstić information content (AvgIpc) is 2.62. The van der Waals surface area contributed by atoms with Crippen LogP contribution < -0.4 is 13.3 Å². The Balaban J connectivity index is -0.000000116. The van der Waals surface area contributed by atoms with E-state index in [1.165, 1.54) is 6.42 Å². The van der Waals surface area contributed by atoms with Crippen molar-refractivity contribution >= 4 is 37.2 Å². The molecule has 0 N–H and O–H groups in total. The molecule has 0 bridgehead atoms. The zero-order valence-electron chi connectivity index (χ0n) is 7.69. The molecule has 0 atom stereocenters. The van der Waals surface area contributed by atoms with Gasteiger partial charge in [0.15, 0.2) is 0 Å². The minimum atomic E-state index is 0. The third-order valence-electron chi connectivity index (χ3n) is 0.939. The maximum Gasteiger partial charge on any atom is 2.00 e. The molecule has 0 aliphatic heterocycles. The SMILES string of the molecule is I[I-]I.[C-]1=CC=CC1.[CH2-]CCC.[Zr+2]. The second-order valence-corrected chi connectivity index (χ2v) is 18.2. The molecule has 0 aromatic heterocycles. The van der Waals surface area contributed by atoms with Crippen LogP contribution in [0.1, 0.15) is 26.2 Å². The van der Waals surface area contributed by atoms with Gasteiger partial charge < -0.3 is 6.92 Å². The predicted molar refractivity (Wildman–Crippen MR) is 69.9 cm³/mol. The van der Waals surface area contributed by atoms with Crippen molar-refractivity contribution in [3.63, 3.8) is 0 Å². The molecule has 1 aliphatic rings. The number of rotatable bonds is 1. The van der Waals surface area contributed by atoms with Gasteiger partial charge in [-0.05, 0) is 0 Å². The van der Waals surface area contributed by atoms with Crippen LogP contribution in [0.2, 0.25) is 0 Å². The van der Waals surface area contributed by atoms with Crippen molar-refractivity contribution in [3.05, 3.63) is 31.2 Å². The van der Waals surface area contributed by atoms with E-state index >= 15 is 0 Å². The number of hydrogen-bond donors (Lipinski definition) is 0. The van der Waals surface area contributed by atoms with E-state index in [1.807, 2.05) is 12.2 Å². The first-order valence-electron chi connectivity index (χ1n) is 3.71. The van der Waals surface area contributed by atoms with Crippen molar-refractivity contribution in [3.8, 4) is 0 Å². The molecule has 1 aliphatic carbocycles. The number of halogens is 3. The third kappa shape index (κ3) is 31.3. The van der Waals surface area contributed by atoms with Crippen LogP contribution >= 0.6 is 37.2 Å². The summed E-state index contributed by atoms with van der Waals surface area (Å²) < 4.78 is 0. The first-order valence-corrected chi connectivity index (χ1v) is 16.3. The molecular weight excluding hydrogens is 580 g/mol. The Bertz CT molecular complexity index is 101. The Morgan fingerprint density at radius 2 is 2.00 bits per heavy atom.